The van der Waals surface area contributed by atoms with Crippen LogP contribution < -0.4 is 0 Å². The summed E-state index contributed by atoms with van der Waals surface area (Å²) < 4.78 is 10.4. The lowest BCUT2D eigenvalue weighted by Gasteiger charge is -2.10. The number of nitrogens with zero attached hydrogens (tertiary/aromatic N) is 2. The topological polar surface area (TPSA) is 44.2 Å². The van der Waals surface area contributed by atoms with Crippen LogP contribution in [0.5, 0.6) is 0 Å². The molecule has 1 unspecified atom stereocenters. The fourth-order valence-electron chi connectivity index (χ4n) is 1.16. The van der Waals surface area contributed by atoms with Crippen molar-refractivity contribution < 1.29 is 9.47 Å². The second kappa shape index (κ2) is 5.67. The average Bonchev–Trinajstić information content (AvgIpc) is 2.19. The number of aromatic nitrogens is 2. The normalized spacial score (nSPS) is 12.8. The Morgan fingerprint density at radius 3 is 2.93 bits per heavy atom. The fourth-order valence-corrected chi connectivity index (χ4v) is 1.16. The van der Waals surface area contributed by atoms with E-state index in [1.807, 2.05) is 19.9 Å². The molecular weight excluding hydrogens is 180 g/mol. The van der Waals surface area contributed by atoms with Gasteiger partial charge in [-0.05, 0) is 19.9 Å². The maximum atomic E-state index is 5.40. The zero-order chi connectivity index (χ0) is 10.4. The monoisotopic (exact) mass is 196 g/mol. The van der Waals surface area contributed by atoms with Crippen LogP contribution in [-0.4, -0.2) is 23.7 Å². The van der Waals surface area contributed by atoms with E-state index in [1.54, 1.807) is 13.3 Å². The minimum Gasteiger partial charge on any atom is -0.378 e. The Labute approximate surface area is 84.3 Å². The number of hydrogen-bond acceptors (Lipinski definition) is 4. The van der Waals surface area contributed by atoms with Crippen LogP contribution in [0.3, 0.4) is 0 Å². The Bertz CT molecular complexity index is 279. The van der Waals surface area contributed by atoms with Gasteiger partial charge in [0.1, 0.15) is 6.10 Å². The number of methoxy groups -OCH3 is 1. The molecule has 1 heterocycles. The highest BCUT2D eigenvalue weighted by molar-refractivity contribution is 5.02. The molecule has 14 heavy (non-hydrogen) atoms. The highest BCUT2D eigenvalue weighted by atomic mass is 16.5. The minimum absolute atomic E-state index is 0.0585. The molecule has 0 saturated carbocycles. The summed E-state index contributed by atoms with van der Waals surface area (Å²) in [6.45, 7) is 5.07. The van der Waals surface area contributed by atoms with E-state index in [-0.39, 0.29) is 6.10 Å². The molecule has 0 aliphatic carbocycles. The first kappa shape index (κ1) is 11.1. The van der Waals surface area contributed by atoms with Gasteiger partial charge in [0.25, 0.3) is 0 Å². The second-order valence-electron chi connectivity index (χ2n) is 2.94. The largest absolute Gasteiger partial charge is 0.378 e. The number of ether oxygens (including phenoxy) is 2. The lowest BCUT2D eigenvalue weighted by atomic mass is 10.3. The molecule has 4 heteroatoms. The van der Waals surface area contributed by atoms with Crippen molar-refractivity contribution in [2.45, 2.75) is 26.6 Å². The predicted octanol–water partition coefficient (Wildman–Crippen LogP) is 1.72. The molecule has 0 aromatic carbocycles. The molecule has 0 amide bonds. The molecule has 0 spiro atoms. The number of hydrogen-bond donors (Lipinski definition) is 0. The highest BCUT2D eigenvalue weighted by Gasteiger charge is 2.08. The maximum absolute atomic E-state index is 5.40. The average molecular weight is 196 g/mol. The molecule has 0 bridgehead atoms. The summed E-state index contributed by atoms with van der Waals surface area (Å²) >= 11 is 0. The summed E-state index contributed by atoms with van der Waals surface area (Å²) in [5, 5.41) is 0. The van der Waals surface area contributed by atoms with Crippen LogP contribution in [0.25, 0.3) is 0 Å². The standard InChI is InChI=1S/C10H16N2O2/c1-4-14-8(2)10-11-6-5-9(12-10)7-13-3/h5-6,8H,4,7H2,1-3H3. The molecular formula is C10H16N2O2. The molecule has 0 saturated heterocycles. The molecule has 0 aliphatic heterocycles. The lowest BCUT2D eigenvalue weighted by molar-refractivity contribution is 0.0694. The molecule has 1 aromatic rings. The zero-order valence-electron chi connectivity index (χ0n) is 8.86. The van der Waals surface area contributed by atoms with Crippen LogP contribution in [0.15, 0.2) is 12.3 Å². The van der Waals surface area contributed by atoms with Crippen LogP contribution >= 0.6 is 0 Å². The third-order valence-corrected chi connectivity index (χ3v) is 1.80. The predicted molar refractivity (Wildman–Crippen MR) is 52.8 cm³/mol. The van der Waals surface area contributed by atoms with Gasteiger partial charge >= 0.3 is 0 Å². The van der Waals surface area contributed by atoms with Gasteiger partial charge < -0.3 is 9.47 Å². The van der Waals surface area contributed by atoms with E-state index in [2.05, 4.69) is 9.97 Å². The van der Waals surface area contributed by atoms with E-state index in [1.165, 1.54) is 0 Å². The first-order chi connectivity index (χ1) is 6.77. The van der Waals surface area contributed by atoms with Gasteiger partial charge in [-0.2, -0.15) is 0 Å². The Morgan fingerprint density at radius 1 is 1.50 bits per heavy atom. The van der Waals surface area contributed by atoms with Gasteiger partial charge in [-0.25, -0.2) is 9.97 Å². The molecule has 1 atom stereocenters. The van der Waals surface area contributed by atoms with E-state index in [0.717, 1.165) is 5.69 Å². The van der Waals surface area contributed by atoms with Gasteiger partial charge in [-0.3, -0.25) is 0 Å². The summed E-state index contributed by atoms with van der Waals surface area (Å²) in [5.41, 5.74) is 0.879. The van der Waals surface area contributed by atoms with Crippen molar-refractivity contribution in [3.63, 3.8) is 0 Å². The summed E-state index contributed by atoms with van der Waals surface area (Å²) in [7, 11) is 1.65. The molecule has 4 nitrogen and oxygen atoms in total. The summed E-state index contributed by atoms with van der Waals surface area (Å²) in [6, 6.07) is 1.84. The smallest absolute Gasteiger partial charge is 0.157 e. The van der Waals surface area contributed by atoms with Crippen molar-refractivity contribution in [1.29, 1.82) is 0 Å². The highest BCUT2D eigenvalue weighted by Crippen LogP contribution is 2.11. The second-order valence-corrected chi connectivity index (χ2v) is 2.94. The van der Waals surface area contributed by atoms with Crippen molar-refractivity contribution in [3.05, 3.63) is 23.8 Å². The van der Waals surface area contributed by atoms with E-state index >= 15 is 0 Å². The van der Waals surface area contributed by atoms with Gasteiger partial charge in [-0.15, -0.1) is 0 Å². The van der Waals surface area contributed by atoms with Crippen LogP contribution in [0.1, 0.15) is 31.5 Å². The Morgan fingerprint density at radius 2 is 2.29 bits per heavy atom. The molecule has 0 radical (unpaired) electrons. The molecule has 0 fully saturated rings. The molecule has 1 aromatic heterocycles. The minimum atomic E-state index is -0.0585. The lowest BCUT2D eigenvalue weighted by Crippen LogP contribution is -2.06. The summed E-state index contributed by atoms with van der Waals surface area (Å²) in [5.74, 6) is 0.710. The molecule has 1 rings (SSSR count). The third kappa shape index (κ3) is 3.05. The Balaban J connectivity index is 2.71. The van der Waals surface area contributed by atoms with Crippen LogP contribution in [0.4, 0.5) is 0 Å². The Kier molecular flexibility index (Phi) is 4.49. The van der Waals surface area contributed by atoms with Gasteiger partial charge in [0.05, 0.1) is 12.3 Å². The van der Waals surface area contributed by atoms with Crippen LogP contribution in [0.2, 0.25) is 0 Å². The zero-order valence-corrected chi connectivity index (χ0v) is 8.86. The molecule has 78 valence electrons. The molecule has 0 aliphatic rings. The first-order valence-electron chi connectivity index (χ1n) is 4.70. The van der Waals surface area contributed by atoms with Crippen molar-refractivity contribution in [3.8, 4) is 0 Å². The van der Waals surface area contributed by atoms with E-state index in [0.29, 0.717) is 19.0 Å². The van der Waals surface area contributed by atoms with Gasteiger partial charge in [0.2, 0.25) is 0 Å². The summed E-state index contributed by atoms with van der Waals surface area (Å²) in [6.07, 6.45) is 1.67. The fraction of sp³-hybridized carbons (Fsp3) is 0.600. The SMILES string of the molecule is CCOC(C)c1nccc(COC)n1. The van der Waals surface area contributed by atoms with Crippen molar-refractivity contribution in [2.24, 2.45) is 0 Å². The van der Waals surface area contributed by atoms with Crippen LogP contribution in [-0.2, 0) is 16.1 Å². The van der Waals surface area contributed by atoms with Crippen LogP contribution in [0, 0.1) is 0 Å². The van der Waals surface area contributed by atoms with Gasteiger partial charge in [0.15, 0.2) is 5.82 Å². The van der Waals surface area contributed by atoms with Crippen molar-refractivity contribution in [1.82, 2.24) is 9.97 Å². The van der Waals surface area contributed by atoms with Crippen molar-refractivity contribution >= 4 is 0 Å². The van der Waals surface area contributed by atoms with Gasteiger partial charge in [-0.1, -0.05) is 0 Å². The molecule has 0 N–H and O–H groups in total. The van der Waals surface area contributed by atoms with E-state index in [4.69, 9.17) is 9.47 Å². The van der Waals surface area contributed by atoms with E-state index < -0.39 is 0 Å². The quantitative estimate of drug-likeness (QED) is 0.719. The Hall–Kier alpha value is -1.00. The maximum Gasteiger partial charge on any atom is 0.157 e. The third-order valence-electron chi connectivity index (χ3n) is 1.80. The number of rotatable bonds is 5. The van der Waals surface area contributed by atoms with Gasteiger partial charge in [0, 0.05) is 19.9 Å². The summed E-state index contributed by atoms with van der Waals surface area (Å²) in [4.78, 5) is 8.47. The van der Waals surface area contributed by atoms with E-state index in [9.17, 15) is 0 Å². The van der Waals surface area contributed by atoms with Crippen molar-refractivity contribution in [2.75, 3.05) is 13.7 Å². The first-order valence-corrected chi connectivity index (χ1v) is 4.70.